The van der Waals surface area contributed by atoms with E-state index in [9.17, 15) is 10.1 Å². The van der Waals surface area contributed by atoms with Gasteiger partial charge in [0.05, 0.1) is 34.1 Å². The second kappa shape index (κ2) is 13.9. The minimum atomic E-state index is -0.454. The van der Waals surface area contributed by atoms with Crippen LogP contribution in [0, 0.1) is 16.7 Å². The van der Waals surface area contributed by atoms with Gasteiger partial charge in [0.2, 0.25) is 5.91 Å². The van der Waals surface area contributed by atoms with Crippen molar-refractivity contribution >= 4 is 34.8 Å². The monoisotopic (exact) mass is 552 g/mol. The van der Waals surface area contributed by atoms with Gasteiger partial charge in [0.15, 0.2) is 0 Å². The molecule has 11 nitrogen and oxygen atoms in total. The highest BCUT2D eigenvalue weighted by atomic mass is 35.5. The van der Waals surface area contributed by atoms with Gasteiger partial charge in [-0.05, 0) is 43.9 Å². The van der Waals surface area contributed by atoms with Crippen molar-refractivity contribution in [1.82, 2.24) is 25.2 Å². The zero-order valence-corrected chi connectivity index (χ0v) is 22.5. The van der Waals surface area contributed by atoms with Gasteiger partial charge in [0.25, 0.3) is 0 Å². The van der Waals surface area contributed by atoms with Gasteiger partial charge in [-0.25, -0.2) is 15.4 Å². The number of hydrogen-bond acceptors (Lipinski definition) is 9. The summed E-state index contributed by atoms with van der Waals surface area (Å²) in [6, 6.07) is 9.99. The van der Waals surface area contributed by atoms with E-state index in [1.54, 1.807) is 17.9 Å². The van der Waals surface area contributed by atoms with Crippen LogP contribution >= 0.6 is 11.6 Å². The number of amides is 1. The maximum Gasteiger partial charge on any atom is 0.243 e. The lowest BCUT2D eigenvalue weighted by Gasteiger charge is -2.30. The number of rotatable bonds is 13. The number of halogens is 1. The fourth-order valence-corrected chi connectivity index (χ4v) is 4.60. The summed E-state index contributed by atoms with van der Waals surface area (Å²) in [6.07, 6.45) is 10.5. The third-order valence-corrected chi connectivity index (χ3v) is 7.05. The van der Waals surface area contributed by atoms with E-state index in [1.165, 1.54) is 0 Å². The van der Waals surface area contributed by atoms with E-state index in [-0.39, 0.29) is 5.91 Å². The normalized spacial score (nSPS) is 14.4. The summed E-state index contributed by atoms with van der Waals surface area (Å²) in [6.45, 7) is 2.46. The van der Waals surface area contributed by atoms with Crippen molar-refractivity contribution in [2.75, 3.05) is 30.4 Å². The molecule has 0 aliphatic carbocycles. The van der Waals surface area contributed by atoms with Gasteiger partial charge >= 0.3 is 0 Å². The fraction of sp³-hybridized carbons (Fsp3) is 0.444. The van der Waals surface area contributed by atoms with Gasteiger partial charge in [-0.15, -0.1) is 0 Å². The number of hydrogen-bond donors (Lipinski definition) is 4. The molecule has 1 fully saturated rings. The highest BCUT2D eigenvalue weighted by molar-refractivity contribution is 6.33. The molecule has 12 heteroatoms. The van der Waals surface area contributed by atoms with Crippen LogP contribution in [0.4, 0.5) is 17.3 Å². The molecule has 39 heavy (non-hydrogen) atoms. The third-order valence-electron chi connectivity index (χ3n) is 6.75. The van der Waals surface area contributed by atoms with Crippen LogP contribution < -0.4 is 16.1 Å². The first kappa shape index (κ1) is 28.3. The number of aryl methyl sites for hydroxylation is 1. The number of ether oxygens (including phenoxy) is 1. The number of anilines is 3. The topological polar surface area (TPSA) is 150 Å². The predicted octanol–water partition coefficient (Wildman–Crippen LogP) is 4.93. The molecule has 3 aromatic rings. The second-order valence-electron chi connectivity index (χ2n) is 9.63. The zero-order valence-electron chi connectivity index (χ0n) is 21.7. The molecule has 1 amide bonds. The summed E-state index contributed by atoms with van der Waals surface area (Å²) in [7, 11) is 0. The molecular weight excluding hydrogens is 520 g/mol. The number of aromatic nitrogens is 4. The van der Waals surface area contributed by atoms with E-state index in [4.69, 9.17) is 26.5 Å². The van der Waals surface area contributed by atoms with E-state index in [0.717, 1.165) is 43.5 Å². The maximum absolute atomic E-state index is 11.0. The maximum atomic E-state index is 11.0. The summed E-state index contributed by atoms with van der Waals surface area (Å²) < 4.78 is 7.28. The van der Waals surface area contributed by atoms with Crippen molar-refractivity contribution in [2.24, 2.45) is 5.41 Å². The Labute approximate surface area is 232 Å². The van der Waals surface area contributed by atoms with Crippen molar-refractivity contribution < 1.29 is 14.7 Å². The summed E-state index contributed by atoms with van der Waals surface area (Å²) in [5.74, 6) is 0.937. The van der Waals surface area contributed by atoms with E-state index in [1.807, 2.05) is 35.1 Å². The number of unbranched alkanes of at least 4 members (excludes halogenated alkanes) is 3. The number of hydroxylamine groups is 1. The summed E-state index contributed by atoms with van der Waals surface area (Å²) in [5.41, 5.74) is 3.43. The minimum absolute atomic E-state index is 0.330. The van der Waals surface area contributed by atoms with Crippen LogP contribution in [-0.2, 0) is 16.1 Å². The van der Waals surface area contributed by atoms with Crippen molar-refractivity contribution in [3.8, 4) is 17.3 Å². The van der Waals surface area contributed by atoms with Crippen molar-refractivity contribution in [2.45, 2.75) is 51.5 Å². The molecule has 0 spiro atoms. The van der Waals surface area contributed by atoms with Crippen molar-refractivity contribution in [1.29, 1.82) is 5.26 Å². The van der Waals surface area contributed by atoms with E-state index < -0.39 is 5.41 Å². The number of nitriles is 1. The smallest absolute Gasteiger partial charge is 0.243 e. The molecule has 0 radical (unpaired) electrons. The third kappa shape index (κ3) is 8.13. The SMILES string of the molecule is N#CC1(CNc2cccc(-c3cc(Nc4cnn(CCCCCCC(=O)NO)c4)ncc3Cl)n2)CCOCC1. The molecule has 0 bridgehead atoms. The zero-order chi connectivity index (χ0) is 27.5. The van der Waals surface area contributed by atoms with Crippen molar-refractivity contribution in [3.63, 3.8) is 0 Å². The van der Waals surface area contributed by atoms with Crippen LogP contribution in [0.3, 0.4) is 0 Å². The quantitative estimate of drug-likeness (QED) is 0.131. The molecular formula is C27H33ClN8O3. The Morgan fingerprint density at radius 3 is 2.79 bits per heavy atom. The standard InChI is InChI=1S/C27H33ClN8O3/c28-22-16-30-25(33-20-15-32-36(17-20)11-4-2-1-3-8-26(37)35-38)14-21(22)23-6-5-7-24(34-23)31-19-27(18-29)9-12-39-13-10-27/h5-7,14-17,38H,1-4,8-13,19H2,(H,30,33)(H,31,34)(H,35,37). The second-order valence-corrected chi connectivity index (χ2v) is 10.0. The average Bonchev–Trinajstić information content (AvgIpc) is 3.42. The molecule has 4 heterocycles. The van der Waals surface area contributed by atoms with E-state index >= 15 is 0 Å². The fourth-order valence-electron chi connectivity index (χ4n) is 4.40. The van der Waals surface area contributed by atoms with E-state index in [0.29, 0.717) is 61.4 Å². The van der Waals surface area contributed by atoms with Crippen LogP contribution in [-0.4, -0.2) is 50.6 Å². The number of nitrogens with one attached hydrogen (secondary N) is 3. The van der Waals surface area contributed by atoms with Crippen LogP contribution in [0.1, 0.15) is 44.9 Å². The molecule has 4 N–H and O–H groups in total. The summed E-state index contributed by atoms with van der Waals surface area (Å²) >= 11 is 6.49. The molecule has 0 unspecified atom stereocenters. The van der Waals surface area contributed by atoms with Gasteiger partial charge < -0.3 is 15.4 Å². The lowest BCUT2D eigenvalue weighted by atomic mass is 9.82. The summed E-state index contributed by atoms with van der Waals surface area (Å²) in [4.78, 5) is 20.2. The van der Waals surface area contributed by atoms with Crippen LogP contribution in [0.15, 0.2) is 42.9 Å². The van der Waals surface area contributed by atoms with Gasteiger partial charge in [-0.3, -0.25) is 14.7 Å². The molecule has 1 saturated heterocycles. The highest BCUT2D eigenvalue weighted by Gasteiger charge is 2.32. The number of nitrogens with zero attached hydrogens (tertiary/aromatic N) is 5. The number of carbonyl (C=O) groups excluding carboxylic acids is 1. The Hall–Kier alpha value is -3.72. The first-order chi connectivity index (χ1) is 19.0. The molecule has 0 aromatic carbocycles. The number of carbonyl (C=O) groups is 1. The largest absolute Gasteiger partial charge is 0.381 e. The van der Waals surface area contributed by atoms with Crippen LogP contribution in [0.5, 0.6) is 0 Å². The number of pyridine rings is 2. The lowest BCUT2D eigenvalue weighted by Crippen LogP contribution is -2.34. The van der Waals surface area contributed by atoms with Gasteiger partial charge in [0.1, 0.15) is 11.6 Å². The molecule has 3 aromatic heterocycles. The first-order valence-corrected chi connectivity index (χ1v) is 13.5. The van der Waals surface area contributed by atoms with Crippen LogP contribution in [0.2, 0.25) is 5.02 Å². The molecule has 1 aliphatic rings. The minimum Gasteiger partial charge on any atom is -0.381 e. The molecule has 0 atom stereocenters. The molecule has 0 saturated carbocycles. The van der Waals surface area contributed by atoms with Crippen molar-refractivity contribution in [3.05, 3.63) is 47.9 Å². The average molecular weight is 553 g/mol. The lowest BCUT2D eigenvalue weighted by molar-refractivity contribution is -0.129. The predicted molar refractivity (Wildman–Crippen MR) is 148 cm³/mol. The highest BCUT2D eigenvalue weighted by Crippen LogP contribution is 2.32. The van der Waals surface area contributed by atoms with Gasteiger partial charge in [-0.2, -0.15) is 10.4 Å². The Morgan fingerprint density at radius 1 is 1.18 bits per heavy atom. The first-order valence-electron chi connectivity index (χ1n) is 13.1. The molecule has 206 valence electrons. The Kier molecular flexibility index (Phi) is 10.1. The Balaban J connectivity index is 1.33. The van der Waals surface area contributed by atoms with Crippen LogP contribution in [0.25, 0.3) is 11.3 Å². The summed E-state index contributed by atoms with van der Waals surface area (Å²) in [5, 5.41) is 29.7. The molecule has 1 aliphatic heterocycles. The molecule has 4 rings (SSSR count). The van der Waals surface area contributed by atoms with E-state index in [2.05, 4.69) is 26.8 Å². The van der Waals surface area contributed by atoms with Gasteiger partial charge in [0, 0.05) is 50.7 Å². The van der Waals surface area contributed by atoms with Gasteiger partial charge in [-0.1, -0.05) is 30.5 Å². The Bertz CT molecular complexity index is 1290. The Morgan fingerprint density at radius 2 is 2.00 bits per heavy atom.